The lowest BCUT2D eigenvalue weighted by atomic mass is 10.1. The van der Waals surface area contributed by atoms with Gasteiger partial charge in [-0.3, -0.25) is 14.6 Å². The Bertz CT molecular complexity index is 1160. The lowest BCUT2D eigenvalue weighted by Gasteiger charge is -2.17. The Balaban J connectivity index is 1.27. The maximum absolute atomic E-state index is 12.7. The van der Waals surface area contributed by atoms with Crippen LogP contribution >= 0.6 is 0 Å². The van der Waals surface area contributed by atoms with Crippen molar-refractivity contribution in [3.05, 3.63) is 90.3 Å². The Morgan fingerprint density at radius 3 is 2.55 bits per heavy atom. The van der Waals surface area contributed by atoms with Gasteiger partial charge in [0.25, 0.3) is 5.91 Å². The summed E-state index contributed by atoms with van der Waals surface area (Å²) in [5, 5.41) is 5.94. The van der Waals surface area contributed by atoms with E-state index in [1.54, 1.807) is 0 Å². The number of aromatic nitrogens is 4. The van der Waals surface area contributed by atoms with E-state index in [-0.39, 0.29) is 17.9 Å². The highest BCUT2D eigenvalue weighted by Crippen LogP contribution is 2.22. The number of hydrogen-bond acceptors (Lipinski definition) is 5. The fraction of sp³-hybridized carbons (Fsp3) is 0.240. The lowest BCUT2D eigenvalue weighted by molar-refractivity contribution is -0.121. The van der Waals surface area contributed by atoms with Gasteiger partial charge in [-0.25, -0.2) is 9.97 Å². The second-order valence-corrected chi connectivity index (χ2v) is 7.71. The minimum Gasteiger partial charge on any atom is -0.351 e. The molecule has 8 heteroatoms. The average Bonchev–Trinajstić information content (AvgIpc) is 3.29. The molecule has 4 aromatic rings. The molecule has 0 bridgehead atoms. The van der Waals surface area contributed by atoms with Gasteiger partial charge in [-0.1, -0.05) is 48.9 Å². The lowest BCUT2D eigenvalue weighted by Crippen LogP contribution is -2.30. The van der Waals surface area contributed by atoms with Crippen LogP contribution < -0.4 is 10.6 Å². The molecular weight excluding hydrogens is 416 g/mol. The van der Waals surface area contributed by atoms with Gasteiger partial charge in [0, 0.05) is 25.4 Å². The predicted molar refractivity (Wildman–Crippen MR) is 125 cm³/mol. The molecule has 0 saturated heterocycles. The molecule has 2 aromatic heterocycles. The first-order chi connectivity index (χ1) is 16.2. The summed E-state index contributed by atoms with van der Waals surface area (Å²) in [6.07, 6.45) is 7.20. The molecule has 1 unspecified atom stereocenters. The molecule has 0 aliphatic rings. The Morgan fingerprint density at radius 1 is 0.939 bits per heavy atom. The van der Waals surface area contributed by atoms with Crippen LogP contribution in [0.5, 0.6) is 0 Å². The first-order valence-electron chi connectivity index (χ1n) is 11.0. The Labute approximate surface area is 191 Å². The molecule has 0 fully saturated rings. The molecule has 0 spiro atoms. The zero-order valence-electron chi connectivity index (χ0n) is 18.2. The fourth-order valence-corrected chi connectivity index (χ4v) is 3.59. The van der Waals surface area contributed by atoms with E-state index in [9.17, 15) is 9.59 Å². The van der Waals surface area contributed by atoms with Crippen molar-refractivity contribution >= 4 is 22.8 Å². The van der Waals surface area contributed by atoms with Crippen molar-refractivity contribution in [2.24, 2.45) is 0 Å². The Morgan fingerprint density at radius 2 is 1.76 bits per heavy atom. The number of fused-ring (bicyclic) bond motifs is 1. The summed E-state index contributed by atoms with van der Waals surface area (Å²) in [5.74, 6) is 0.438. The summed E-state index contributed by atoms with van der Waals surface area (Å²) in [6.45, 7) is 0.530. The van der Waals surface area contributed by atoms with Crippen LogP contribution in [-0.2, 0) is 4.79 Å². The van der Waals surface area contributed by atoms with Crippen molar-refractivity contribution in [1.82, 2.24) is 30.6 Å². The van der Waals surface area contributed by atoms with Crippen LogP contribution in [0.2, 0.25) is 0 Å². The summed E-state index contributed by atoms with van der Waals surface area (Å²) in [7, 11) is 0. The first kappa shape index (κ1) is 22.1. The van der Waals surface area contributed by atoms with Gasteiger partial charge >= 0.3 is 0 Å². The van der Waals surface area contributed by atoms with Gasteiger partial charge < -0.3 is 15.6 Å². The standard InChI is InChI=1S/C25H26N6O2/c32-22(13-5-2-8-14-28-25(33)21-17-26-15-16-27-21)31-23(18-9-3-1-4-10-18)24-29-19-11-6-7-12-20(19)30-24/h1,3-4,6-7,9-12,15-17,23H,2,5,8,13-14H2,(H,28,33)(H,29,30)(H,31,32). The Kier molecular flexibility index (Phi) is 7.37. The topological polar surface area (TPSA) is 113 Å². The predicted octanol–water partition coefficient (Wildman–Crippen LogP) is 3.55. The number of amides is 2. The fourth-order valence-electron chi connectivity index (χ4n) is 3.59. The molecule has 33 heavy (non-hydrogen) atoms. The normalized spacial score (nSPS) is 11.8. The summed E-state index contributed by atoms with van der Waals surface area (Å²) < 4.78 is 0. The average molecular weight is 443 g/mol. The van der Waals surface area contributed by atoms with Crippen LogP contribution in [-0.4, -0.2) is 38.3 Å². The number of aromatic amines is 1. The van der Waals surface area contributed by atoms with Crippen LogP contribution in [0.3, 0.4) is 0 Å². The maximum Gasteiger partial charge on any atom is 0.271 e. The summed E-state index contributed by atoms with van der Waals surface area (Å²) >= 11 is 0. The summed E-state index contributed by atoms with van der Waals surface area (Å²) in [4.78, 5) is 40.5. The molecule has 2 aromatic carbocycles. The highest BCUT2D eigenvalue weighted by Gasteiger charge is 2.20. The van der Waals surface area contributed by atoms with E-state index in [2.05, 4.69) is 30.6 Å². The molecule has 0 aliphatic carbocycles. The number of H-pyrrole nitrogens is 1. The van der Waals surface area contributed by atoms with Crippen LogP contribution in [0.1, 0.15) is 53.6 Å². The molecule has 8 nitrogen and oxygen atoms in total. The minimum absolute atomic E-state index is 0.0343. The van der Waals surface area contributed by atoms with Crippen molar-refractivity contribution < 1.29 is 9.59 Å². The summed E-state index contributed by atoms with van der Waals surface area (Å²) in [6, 6.07) is 17.3. The van der Waals surface area contributed by atoms with E-state index in [0.29, 0.717) is 24.5 Å². The van der Waals surface area contributed by atoms with E-state index in [4.69, 9.17) is 0 Å². The molecule has 168 valence electrons. The molecule has 0 saturated carbocycles. The van der Waals surface area contributed by atoms with Gasteiger partial charge in [0.2, 0.25) is 5.91 Å². The number of benzene rings is 2. The SMILES string of the molecule is O=C(CCCCCNC(=O)c1cnccn1)NC(c1ccccc1)c1nc2ccccc2[nH]1. The van der Waals surface area contributed by atoms with Crippen LogP contribution in [0.15, 0.2) is 73.2 Å². The van der Waals surface area contributed by atoms with Crippen molar-refractivity contribution in [3.8, 4) is 0 Å². The van der Waals surface area contributed by atoms with Crippen LogP contribution in [0, 0.1) is 0 Å². The molecule has 2 heterocycles. The number of nitrogens with one attached hydrogen (secondary N) is 3. The van der Waals surface area contributed by atoms with Gasteiger partial charge in [0.15, 0.2) is 0 Å². The minimum atomic E-state index is -0.350. The number of hydrogen-bond donors (Lipinski definition) is 3. The molecule has 3 N–H and O–H groups in total. The third kappa shape index (κ3) is 6.00. The van der Waals surface area contributed by atoms with Crippen molar-refractivity contribution in [1.29, 1.82) is 0 Å². The number of para-hydroxylation sites is 2. The zero-order chi connectivity index (χ0) is 22.9. The van der Waals surface area contributed by atoms with Gasteiger partial charge in [0.1, 0.15) is 17.6 Å². The number of rotatable bonds is 10. The number of nitrogens with zero attached hydrogens (tertiary/aromatic N) is 3. The molecule has 0 radical (unpaired) electrons. The second-order valence-electron chi connectivity index (χ2n) is 7.71. The molecule has 1 atom stereocenters. The smallest absolute Gasteiger partial charge is 0.271 e. The monoisotopic (exact) mass is 442 g/mol. The third-order valence-corrected chi connectivity index (χ3v) is 5.28. The van der Waals surface area contributed by atoms with Gasteiger partial charge in [0.05, 0.1) is 17.2 Å². The second kappa shape index (κ2) is 11.0. The third-order valence-electron chi connectivity index (χ3n) is 5.28. The molecular formula is C25H26N6O2. The number of carbonyl (C=O) groups excluding carboxylic acids is 2. The van der Waals surface area contributed by atoms with E-state index in [0.717, 1.165) is 35.9 Å². The molecule has 0 aliphatic heterocycles. The van der Waals surface area contributed by atoms with E-state index >= 15 is 0 Å². The highest BCUT2D eigenvalue weighted by atomic mass is 16.2. The van der Waals surface area contributed by atoms with Crippen LogP contribution in [0.4, 0.5) is 0 Å². The summed E-state index contributed by atoms with van der Waals surface area (Å²) in [5.41, 5.74) is 3.07. The zero-order valence-corrected chi connectivity index (χ0v) is 18.2. The largest absolute Gasteiger partial charge is 0.351 e. The van der Waals surface area contributed by atoms with E-state index in [1.165, 1.54) is 18.6 Å². The maximum atomic E-state index is 12.7. The Hall–Kier alpha value is -4.07. The highest BCUT2D eigenvalue weighted by molar-refractivity contribution is 5.91. The van der Waals surface area contributed by atoms with Crippen molar-refractivity contribution in [2.45, 2.75) is 31.7 Å². The van der Waals surface area contributed by atoms with E-state index in [1.807, 2.05) is 54.6 Å². The molecule has 2 amide bonds. The van der Waals surface area contributed by atoms with Crippen molar-refractivity contribution in [3.63, 3.8) is 0 Å². The van der Waals surface area contributed by atoms with Crippen LogP contribution in [0.25, 0.3) is 11.0 Å². The van der Waals surface area contributed by atoms with Gasteiger partial charge in [-0.05, 0) is 30.5 Å². The first-order valence-corrected chi connectivity index (χ1v) is 11.0. The number of unbranched alkanes of at least 4 members (excludes halogenated alkanes) is 2. The number of carbonyl (C=O) groups is 2. The van der Waals surface area contributed by atoms with Crippen molar-refractivity contribution in [2.75, 3.05) is 6.54 Å². The van der Waals surface area contributed by atoms with E-state index < -0.39 is 0 Å². The van der Waals surface area contributed by atoms with Gasteiger partial charge in [-0.15, -0.1) is 0 Å². The van der Waals surface area contributed by atoms with Gasteiger partial charge in [-0.2, -0.15) is 0 Å². The molecule has 4 rings (SSSR count). The quantitative estimate of drug-likeness (QED) is 0.325. The number of imidazole rings is 1.